The maximum atomic E-state index is 11.6. The summed E-state index contributed by atoms with van der Waals surface area (Å²) in [5, 5.41) is 3.14. The summed E-state index contributed by atoms with van der Waals surface area (Å²) in [6.45, 7) is 5.81. The molecule has 0 aliphatic rings. The molecular formula is C13H20NO3P. The molecular weight excluding hydrogens is 249 g/mol. The molecule has 18 heavy (non-hydrogen) atoms. The third-order valence-corrected chi connectivity index (χ3v) is 3.33. The van der Waals surface area contributed by atoms with Gasteiger partial charge in [0, 0.05) is 0 Å². The Morgan fingerprint density at radius 1 is 1.33 bits per heavy atom. The van der Waals surface area contributed by atoms with Crippen molar-refractivity contribution in [1.29, 1.82) is 0 Å². The maximum Gasteiger partial charge on any atom is 0.326 e. The summed E-state index contributed by atoms with van der Waals surface area (Å²) in [7, 11) is 0.333. The molecule has 0 saturated heterocycles. The fourth-order valence-corrected chi connectivity index (χ4v) is 2.11. The monoisotopic (exact) mass is 269 g/mol. The molecule has 0 heterocycles. The van der Waals surface area contributed by atoms with Crippen LogP contribution in [0.1, 0.15) is 20.8 Å². The lowest BCUT2D eigenvalue weighted by Crippen LogP contribution is -2.44. The van der Waals surface area contributed by atoms with Gasteiger partial charge in [0.05, 0.1) is 6.61 Å². The van der Waals surface area contributed by atoms with Crippen molar-refractivity contribution in [3.05, 3.63) is 30.3 Å². The minimum Gasteiger partial charge on any atom is -0.488 e. The first-order valence-corrected chi connectivity index (χ1v) is 7.12. The van der Waals surface area contributed by atoms with Crippen LogP contribution in [0.2, 0.25) is 0 Å². The van der Waals surface area contributed by atoms with E-state index >= 15 is 0 Å². The fraction of sp³-hybridized carbons (Fsp3) is 0.462. The van der Waals surface area contributed by atoms with E-state index in [1.165, 1.54) is 0 Å². The van der Waals surface area contributed by atoms with Crippen LogP contribution in [0.25, 0.3) is 0 Å². The molecule has 1 rings (SSSR count). The minimum atomic E-state index is -0.672. The van der Waals surface area contributed by atoms with Crippen LogP contribution in [0.4, 0.5) is 0 Å². The van der Waals surface area contributed by atoms with Crippen molar-refractivity contribution in [3.8, 4) is 5.75 Å². The van der Waals surface area contributed by atoms with E-state index in [4.69, 9.17) is 9.47 Å². The van der Waals surface area contributed by atoms with E-state index < -0.39 is 5.54 Å². The summed E-state index contributed by atoms with van der Waals surface area (Å²) in [5.74, 6) is 0.595. The molecule has 1 N–H and O–H groups in total. The average molecular weight is 269 g/mol. The molecule has 1 aromatic rings. The zero-order valence-corrected chi connectivity index (χ0v) is 12.0. The lowest BCUT2D eigenvalue weighted by Gasteiger charge is -2.23. The number of carbonyl (C=O) groups is 1. The molecule has 1 atom stereocenters. The van der Waals surface area contributed by atoms with Crippen molar-refractivity contribution in [1.82, 2.24) is 5.09 Å². The Kier molecular flexibility index (Phi) is 6.10. The van der Waals surface area contributed by atoms with Gasteiger partial charge in [-0.3, -0.25) is 9.88 Å². The summed E-state index contributed by atoms with van der Waals surface area (Å²) in [6.07, 6.45) is 0.535. The van der Waals surface area contributed by atoms with Gasteiger partial charge in [-0.05, 0) is 41.6 Å². The first-order valence-electron chi connectivity index (χ1n) is 5.91. The Morgan fingerprint density at radius 3 is 2.61 bits per heavy atom. The van der Waals surface area contributed by atoms with Crippen LogP contribution >= 0.6 is 8.73 Å². The molecule has 1 unspecified atom stereocenters. The van der Waals surface area contributed by atoms with Crippen LogP contribution in [-0.4, -0.2) is 24.5 Å². The first kappa shape index (κ1) is 14.9. The number of para-hydroxylation sites is 1. The first-order chi connectivity index (χ1) is 8.56. The smallest absolute Gasteiger partial charge is 0.326 e. The van der Waals surface area contributed by atoms with Gasteiger partial charge in [0.2, 0.25) is 0 Å². The van der Waals surface area contributed by atoms with E-state index in [2.05, 4.69) is 5.09 Å². The molecule has 1 aromatic carbocycles. The average Bonchev–Trinajstić information content (AvgIpc) is 2.36. The number of rotatable bonds is 7. The molecule has 0 saturated carbocycles. The predicted octanol–water partition coefficient (Wildman–Crippen LogP) is 2.55. The normalized spacial score (nSPS) is 11.7. The molecule has 0 amide bonds. The topological polar surface area (TPSA) is 47.6 Å². The molecule has 0 radical (unpaired) electrons. The number of carbonyl (C=O) groups excluding carboxylic acids is 1. The Bertz CT molecular complexity index is 368. The Labute approximate surface area is 110 Å². The van der Waals surface area contributed by atoms with Crippen molar-refractivity contribution in [2.45, 2.75) is 26.3 Å². The lowest BCUT2D eigenvalue weighted by molar-refractivity contribution is -0.148. The molecule has 4 nitrogen and oxygen atoms in total. The predicted molar refractivity (Wildman–Crippen MR) is 74.1 cm³/mol. The van der Waals surface area contributed by atoms with Crippen LogP contribution in [0.5, 0.6) is 5.75 Å². The molecule has 0 aromatic heterocycles. The van der Waals surface area contributed by atoms with Gasteiger partial charge >= 0.3 is 5.97 Å². The second kappa shape index (κ2) is 7.34. The van der Waals surface area contributed by atoms with Crippen molar-refractivity contribution in [2.75, 3.05) is 13.0 Å². The molecule has 5 heteroatoms. The minimum absolute atomic E-state index is 0.239. The summed E-state index contributed by atoms with van der Waals surface area (Å²) in [6, 6.07) is 9.60. The quantitative estimate of drug-likeness (QED) is 0.469. The van der Waals surface area contributed by atoms with Crippen LogP contribution in [0, 0.1) is 0 Å². The number of esters is 1. The molecule has 100 valence electrons. The van der Waals surface area contributed by atoms with Crippen LogP contribution < -0.4 is 9.82 Å². The second-order valence-electron chi connectivity index (χ2n) is 4.25. The highest BCUT2D eigenvalue weighted by Gasteiger charge is 2.28. The SMILES string of the molecule is CCOC(=O)C(C)(C)NPCOc1ccccc1. The fourth-order valence-electron chi connectivity index (χ4n) is 1.26. The summed E-state index contributed by atoms with van der Waals surface area (Å²) in [4.78, 5) is 11.6. The van der Waals surface area contributed by atoms with Gasteiger partial charge in [-0.1, -0.05) is 18.2 Å². The van der Waals surface area contributed by atoms with Gasteiger partial charge in [-0.15, -0.1) is 0 Å². The van der Waals surface area contributed by atoms with Gasteiger partial charge < -0.3 is 9.47 Å². The van der Waals surface area contributed by atoms with Crippen LogP contribution in [-0.2, 0) is 9.53 Å². The number of hydrogen-bond acceptors (Lipinski definition) is 4. The third-order valence-electron chi connectivity index (χ3n) is 2.24. The van der Waals surface area contributed by atoms with E-state index in [-0.39, 0.29) is 5.97 Å². The van der Waals surface area contributed by atoms with E-state index in [0.717, 1.165) is 5.75 Å². The van der Waals surface area contributed by atoms with Crippen molar-refractivity contribution in [3.63, 3.8) is 0 Å². The highest BCUT2D eigenvalue weighted by molar-refractivity contribution is 7.35. The second-order valence-corrected chi connectivity index (χ2v) is 5.14. The Balaban J connectivity index is 2.27. The summed E-state index contributed by atoms with van der Waals surface area (Å²) in [5.41, 5.74) is -0.672. The largest absolute Gasteiger partial charge is 0.488 e. The molecule has 0 aliphatic heterocycles. The number of benzene rings is 1. The third kappa shape index (κ3) is 5.03. The summed E-state index contributed by atoms with van der Waals surface area (Å²) < 4.78 is 10.5. The van der Waals surface area contributed by atoms with E-state index in [9.17, 15) is 4.79 Å². The van der Waals surface area contributed by atoms with E-state index in [0.29, 0.717) is 21.7 Å². The van der Waals surface area contributed by atoms with Gasteiger partial charge in [0.15, 0.2) is 0 Å². The summed E-state index contributed by atoms with van der Waals surface area (Å²) >= 11 is 0. The molecule has 0 aliphatic carbocycles. The van der Waals surface area contributed by atoms with Gasteiger partial charge in [-0.2, -0.15) is 0 Å². The molecule has 0 fully saturated rings. The Morgan fingerprint density at radius 2 is 2.00 bits per heavy atom. The molecule has 0 spiro atoms. The lowest BCUT2D eigenvalue weighted by atomic mass is 10.1. The van der Waals surface area contributed by atoms with E-state index in [1.807, 2.05) is 30.3 Å². The highest BCUT2D eigenvalue weighted by Crippen LogP contribution is 2.17. The zero-order chi connectivity index (χ0) is 13.4. The van der Waals surface area contributed by atoms with Crippen LogP contribution in [0.3, 0.4) is 0 Å². The standard InChI is InChI=1S/C13H20NO3P/c1-4-16-12(15)13(2,3)14-18-10-17-11-8-6-5-7-9-11/h5-9,14,18H,4,10H2,1-3H3. The van der Waals surface area contributed by atoms with Crippen molar-refractivity contribution >= 4 is 14.7 Å². The maximum absolute atomic E-state index is 11.6. The zero-order valence-electron chi connectivity index (χ0n) is 11.0. The van der Waals surface area contributed by atoms with Crippen molar-refractivity contribution < 1.29 is 14.3 Å². The van der Waals surface area contributed by atoms with Gasteiger partial charge in [0.25, 0.3) is 0 Å². The molecule has 0 bridgehead atoms. The highest BCUT2D eigenvalue weighted by atomic mass is 31.1. The van der Waals surface area contributed by atoms with Gasteiger partial charge in [-0.25, -0.2) is 0 Å². The van der Waals surface area contributed by atoms with Gasteiger partial charge in [0.1, 0.15) is 17.6 Å². The number of ether oxygens (including phenoxy) is 2. The van der Waals surface area contributed by atoms with Crippen molar-refractivity contribution in [2.24, 2.45) is 0 Å². The Hall–Kier alpha value is -1.12. The van der Waals surface area contributed by atoms with Crippen LogP contribution in [0.15, 0.2) is 30.3 Å². The van der Waals surface area contributed by atoms with E-state index in [1.54, 1.807) is 20.8 Å². The number of nitrogens with one attached hydrogen (secondary N) is 1. The number of hydrogen-bond donors (Lipinski definition) is 1.